The van der Waals surface area contributed by atoms with E-state index in [0.717, 1.165) is 18.4 Å². The van der Waals surface area contributed by atoms with Gasteiger partial charge in [0.25, 0.3) is 0 Å². The number of aromatic nitrogens is 2. The van der Waals surface area contributed by atoms with Crippen molar-refractivity contribution in [1.29, 1.82) is 0 Å². The Balaban J connectivity index is 1.62. The van der Waals surface area contributed by atoms with E-state index in [4.69, 9.17) is 0 Å². The van der Waals surface area contributed by atoms with Crippen LogP contribution < -0.4 is 5.32 Å². The fraction of sp³-hybridized carbons (Fsp3) is 0.500. The first-order chi connectivity index (χ1) is 9.74. The monoisotopic (exact) mass is 271 g/mol. The highest BCUT2D eigenvalue weighted by Gasteiger charge is 2.17. The number of nitrogens with zero attached hydrogens (tertiary/aromatic N) is 2. The molecular formula is C16H21N3O. The minimum absolute atomic E-state index is 0.146. The van der Waals surface area contributed by atoms with Crippen molar-refractivity contribution >= 4 is 16.8 Å². The maximum absolute atomic E-state index is 11.9. The number of fused-ring (bicyclic) bond motifs is 1. The molecule has 0 bridgehead atoms. The summed E-state index contributed by atoms with van der Waals surface area (Å²) in [7, 11) is 0. The number of nitrogens with one attached hydrogen (secondary N) is 1. The Kier molecular flexibility index (Phi) is 3.72. The Morgan fingerprint density at radius 2 is 2.20 bits per heavy atom. The molecule has 1 aromatic carbocycles. The van der Waals surface area contributed by atoms with E-state index in [0.29, 0.717) is 19.0 Å². The molecule has 0 unspecified atom stereocenters. The predicted octanol–water partition coefficient (Wildman–Crippen LogP) is 2.79. The SMILES string of the molecule is Cc1cccc2c1cnn2CCC(=O)NC1CCCC1. The summed E-state index contributed by atoms with van der Waals surface area (Å²) in [6, 6.07) is 6.58. The maximum atomic E-state index is 11.9. The minimum atomic E-state index is 0.146. The van der Waals surface area contributed by atoms with Gasteiger partial charge < -0.3 is 5.32 Å². The van der Waals surface area contributed by atoms with Gasteiger partial charge in [-0.2, -0.15) is 5.10 Å². The largest absolute Gasteiger partial charge is 0.353 e. The number of hydrogen-bond acceptors (Lipinski definition) is 2. The number of carbonyl (C=O) groups is 1. The normalized spacial score (nSPS) is 15.8. The molecule has 1 saturated carbocycles. The lowest BCUT2D eigenvalue weighted by atomic mass is 10.1. The van der Waals surface area contributed by atoms with Gasteiger partial charge in [0, 0.05) is 17.8 Å². The van der Waals surface area contributed by atoms with E-state index in [1.165, 1.54) is 23.8 Å². The second-order valence-corrected chi connectivity index (χ2v) is 5.67. The first kappa shape index (κ1) is 13.2. The van der Waals surface area contributed by atoms with Crippen LogP contribution in [0.1, 0.15) is 37.7 Å². The number of aryl methyl sites for hydroxylation is 2. The first-order valence-corrected chi connectivity index (χ1v) is 7.44. The molecule has 106 valence electrons. The number of amides is 1. The Hall–Kier alpha value is -1.84. The predicted molar refractivity (Wildman–Crippen MR) is 79.5 cm³/mol. The van der Waals surface area contributed by atoms with Crippen LogP contribution in [0.25, 0.3) is 10.9 Å². The zero-order valence-electron chi connectivity index (χ0n) is 11.9. The van der Waals surface area contributed by atoms with Gasteiger partial charge in [-0.25, -0.2) is 0 Å². The van der Waals surface area contributed by atoms with Crippen molar-refractivity contribution < 1.29 is 4.79 Å². The Morgan fingerprint density at radius 1 is 1.40 bits per heavy atom. The third-order valence-corrected chi connectivity index (χ3v) is 4.18. The van der Waals surface area contributed by atoms with Gasteiger partial charge in [-0.15, -0.1) is 0 Å². The van der Waals surface area contributed by atoms with Crippen LogP contribution in [0.15, 0.2) is 24.4 Å². The highest BCUT2D eigenvalue weighted by atomic mass is 16.1. The summed E-state index contributed by atoms with van der Waals surface area (Å²) in [5.74, 6) is 0.146. The molecular weight excluding hydrogens is 250 g/mol. The van der Waals surface area contributed by atoms with Crippen LogP contribution in [-0.4, -0.2) is 21.7 Å². The van der Waals surface area contributed by atoms with E-state index >= 15 is 0 Å². The van der Waals surface area contributed by atoms with E-state index in [9.17, 15) is 4.79 Å². The molecule has 0 aliphatic heterocycles. The molecule has 1 aromatic heterocycles. The first-order valence-electron chi connectivity index (χ1n) is 7.44. The summed E-state index contributed by atoms with van der Waals surface area (Å²) in [4.78, 5) is 11.9. The second kappa shape index (κ2) is 5.65. The summed E-state index contributed by atoms with van der Waals surface area (Å²) in [6.07, 6.45) is 7.15. The highest BCUT2D eigenvalue weighted by molar-refractivity contribution is 5.82. The Labute approximate surface area is 119 Å². The lowest BCUT2D eigenvalue weighted by Crippen LogP contribution is -2.33. The Morgan fingerprint density at radius 3 is 3.00 bits per heavy atom. The molecule has 0 saturated heterocycles. The molecule has 0 spiro atoms. The fourth-order valence-electron chi connectivity index (χ4n) is 3.00. The molecule has 1 aliphatic carbocycles. The van der Waals surface area contributed by atoms with Gasteiger partial charge >= 0.3 is 0 Å². The third kappa shape index (κ3) is 2.69. The number of carbonyl (C=O) groups excluding carboxylic acids is 1. The zero-order chi connectivity index (χ0) is 13.9. The molecule has 1 amide bonds. The lowest BCUT2D eigenvalue weighted by molar-refractivity contribution is -0.122. The molecule has 1 N–H and O–H groups in total. The lowest BCUT2D eigenvalue weighted by Gasteiger charge is -2.12. The Bertz CT molecular complexity index is 611. The van der Waals surface area contributed by atoms with Crippen LogP contribution >= 0.6 is 0 Å². The topological polar surface area (TPSA) is 46.9 Å². The van der Waals surface area contributed by atoms with Crippen molar-refractivity contribution in [2.24, 2.45) is 0 Å². The molecule has 4 nitrogen and oxygen atoms in total. The quantitative estimate of drug-likeness (QED) is 0.929. The van der Waals surface area contributed by atoms with Crippen molar-refractivity contribution in [2.45, 2.75) is 51.6 Å². The molecule has 0 radical (unpaired) electrons. The smallest absolute Gasteiger partial charge is 0.222 e. The number of benzene rings is 1. The van der Waals surface area contributed by atoms with E-state index in [2.05, 4.69) is 29.5 Å². The summed E-state index contributed by atoms with van der Waals surface area (Å²) in [6.45, 7) is 2.73. The molecule has 4 heteroatoms. The summed E-state index contributed by atoms with van der Waals surface area (Å²) >= 11 is 0. The van der Waals surface area contributed by atoms with Gasteiger partial charge in [0.1, 0.15) is 0 Å². The van der Waals surface area contributed by atoms with Crippen LogP contribution in [0.4, 0.5) is 0 Å². The summed E-state index contributed by atoms with van der Waals surface area (Å²) < 4.78 is 1.93. The van der Waals surface area contributed by atoms with E-state index in [1.54, 1.807) is 0 Å². The number of rotatable bonds is 4. The zero-order valence-corrected chi connectivity index (χ0v) is 11.9. The van der Waals surface area contributed by atoms with E-state index < -0.39 is 0 Å². The minimum Gasteiger partial charge on any atom is -0.353 e. The van der Waals surface area contributed by atoms with Gasteiger partial charge in [0.05, 0.1) is 18.3 Å². The van der Waals surface area contributed by atoms with E-state index in [1.807, 2.05) is 16.9 Å². The van der Waals surface area contributed by atoms with Crippen LogP contribution in [0.2, 0.25) is 0 Å². The molecule has 3 rings (SSSR count). The highest BCUT2D eigenvalue weighted by Crippen LogP contribution is 2.19. The molecule has 1 fully saturated rings. The standard InChI is InChI=1S/C16H21N3O/c1-12-5-4-8-15-14(12)11-17-19(15)10-9-16(20)18-13-6-2-3-7-13/h4-5,8,11,13H,2-3,6-7,9-10H2,1H3,(H,18,20). The maximum Gasteiger partial charge on any atom is 0.222 e. The number of hydrogen-bond donors (Lipinski definition) is 1. The van der Waals surface area contributed by atoms with Crippen molar-refractivity contribution in [1.82, 2.24) is 15.1 Å². The molecule has 1 heterocycles. The van der Waals surface area contributed by atoms with Gasteiger partial charge in [0.2, 0.25) is 5.91 Å². The summed E-state index contributed by atoms with van der Waals surface area (Å²) in [5.41, 5.74) is 2.34. The van der Waals surface area contributed by atoms with Crippen molar-refractivity contribution in [3.63, 3.8) is 0 Å². The van der Waals surface area contributed by atoms with Gasteiger partial charge in [0.15, 0.2) is 0 Å². The van der Waals surface area contributed by atoms with Crippen LogP contribution in [0, 0.1) is 6.92 Å². The third-order valence-electron chi connectivity index (χ3n) is 4.18. The van der Waals surface area contributed by atoms with E-state index in [-0.39, 0.29) is 5.91 Å². The average molecular weight is 271 g/mol. The molecule has 1 aliphatic rings. The fourth-order valence-corrected chi connectivity index (χ4v) is 3.00. The van der Waals surface area contributed by atoms with Crippen LogP contribution in [0.3, 0.4) is 0 Å². The van der Waals surface area contributed by atoms with Crippen LogP contribution in [-0.2, 0) is 11.3 Å². The molecule has 0 atom stereocenters. The van der Waals surface area contributed by atoms with Crippen LogP contribution in [0.5, 0.6) is 0 Å². The summed E-state index contributed by atoms with van der Waals surface area (Å²) in [5, 5.41) is 8.69. The average Bonchev–Trinajstić information content (AvgIpc) is 3.06. The molecule has 2 aromatic rings. The van der Waals surface area contributed by atoms with Crippen molar-refractivity contribution in [2.75, 3.05) is 0 Å². The van der Waals surface area contributed by atoms with Gasteiger partial charge in [-0.05, 0) is 31.4 Å². The molecule has 20 heavy (non-hydrogen) atoms. The second-order valence-electron chi connectivity index (χ2n) is 5.67. The van der Waals surface area contributed by atoms with Gasteiger partial charge in [-0.1, -0.05) is 25.0 Å². The van der Waals surface area contributed by atoms with Crippen molar-refractivity contribution in [3.8, 4) is 0 Å². The van der Waals surface area contributed by atoms with Crippen molar-refractivity contribution in [3.05, 3.63) is 30.0 Å². The van der Waals surface area contributed by atoms with Gasteiger partial charge in [-0.3, -0.25) is 9.48 Å².